The number of rotatable bonds is 10. The summed E-state index contributed by atoms with van der Waals surface area (Å²) >= 11 is 0. The number of nitrogens with zero attached hydrogens (tertiary/aromatic N) is 4. The Morgan fingerprint density at radius 3 is 1.92 bits per heavy atom. The second-order valence-electron chi connectivity index (χ2n) is 8.30. The average molecular weight is 529 g/mol. The predicted octanol–water partition coefficient (Wildman–Crippen LogP) is 5.35. The monoisotopic (exact) mass is 528 g/mol. The molecule has 0 atom stereocenters. The molecule has 0 radical (unpaired) electrons. The Kier molecular flexibility index (Phi) is 7.21. The maximum atomic E-state index is 5.53. The Hall–Kier alpha value is -5.19. The SMILES string of the molecule is COc1cc2nc(Nc3ccc(-n4ccnc4)cc3)nc(Nc3cc(OC)c(OC)c(OC)c3)c2cc1OC. The number of benzene rings is 3. The third-order valence-corrected chi connectivity index (χ3v) is 6.05. The zero-order valence-corrected chi connectivity index (χ0v) is 22.2. The Balaban J connectivity index is 1.57. The molecule has 0 aliphatic rings. The fourth-order valence-corrected chi connectivity index (χ4v) is 4.15. The highest BCUT2D eigenvalue weighted by Gasteiger charge is 2.17. The summed E-state index contributed by atoms with van der Waals surface area (Å²) in [4.78, 5) is 13.6. The molecule has 0 aliphatic heterocycles. The fourth-order valence-electron chi connectivity index (χ4n) is 4.15. The van der Waals surface area contributed by atoms with Crippen molar-refractivity contribution in [3.63, 3.8) is 0 Å². The van der Waals surface area contributed by atoms with E-state index in [9.17, 15) is 0 Å². The smallest absolute Gasteiger partial charge is 0.229 e. The Morgan fingerprint density at radius 1 is 0.667 bits per heavy atom. The number of anilines is 4. The number of ether oxygens (including phenoxy) is 5. The first-order valence-corrected chi connectivity index (χ1v) is 11.9. The van der Waals surface area contributed by atoms with Crippen LogP contribution in [0.2, 0.25) is 0 Å². The van der Waals surface area contributed by atoms with Crippen molar-refractivity contribution in [3.8, 4) is 34.4 Å². The molecule has 5 aromatic rings. The van der Waals surface area contributed by atoms with Gasteiger partial charge < -0.3 is 38.9 Å². The molecule has 0 saturated carbocycles. The van der Waals surface area contributed by atoms with Gasteiger partial charge in [0.2, 0.25) is 11.7 Å². The highest BCUT2D eigenvalue weighted by Crippen LogP contribution is 2.42. The molecule has 2 heterocycles. The highest BCUT2D eigenvalue weighted by atomic mass is 16.5. The van der Waals surface area contributed by atoms with Crippen LogP contribution < -0.4 is 34.3 Å². The topological polar surface area (TPSA) is 114 Å². The van der Waals surface area contributed by atoms with E-state index >= 15 is 0 Å². The second kappa shape index (κ2) is 11.1. The van der Waals surface area contributed by atoms with Crippen molar-refractivity contribution in [1.29, 1.82) is 0 Å². The van der Waals surface area contributed by atoms with Crippen LogP contribution in [0.5, 0.6) is 28.7 Å². The van der Waals surface area contributed by atoms with Crippen LogP contribution >= 0.6 is 0 Å². The van der Waals surface area contributed by atoms with E-state index in [1.165, 1.54) is 0 Å². The van der Waals surface area contributed by atoms with Gasteiger partial charge >= 0.3 is 0 Å². The molecular formula is C28H28N6O5. The summed E-state index contributed by atoms with van der Waals surface area (Å²) in [6.45, 7) is 0. The van der Waals surface area contributed by atoms with Gasteiger partial charge in [-0.15, -0.1) is 0 Å². The minimum Gasteiger partial charge on any atom is -0.493 e. The van der Waals surface area contributed by atoms with Gasteiger partial charge in [-0.2, -0.15) is 4.98 Å². The molecule has 0 amide bonds. The van der Waals surface area contributed by atoms with E-state index in [1.807, 2.05) is 47.2 Å². The van der Waals surface area contributed by atoms with Gasteiger partial charge in [0.15, 0.2) is 23.0 Å². The summed E-state index contributed by atoms with van der Waals surface area (Å²) in [6.07, 6.45) is 5.37. The van der Waals surface area contributed by atoms with Gasteiger partial charge in [0.05, 0.1) is 47.4 Å². The fraction of sp³-hybridized carbons (Fsp3) is 0.179. The quantitative estimate of drug-likeness (QED) is 0.246. The highest BCUT2D eigenvalue weighted by molar-refractivity contribution is 5.94. The van der Waals surface area contributed by atoms with Crippen LogP contribution in [-0.4, -0.2) is 55.1 Å². The summed E-state index contributed by atoms with van der Waals surface area (Å²) in [6, 6.07) is 15.1. The van der Waals surface area contributed by atoms with Gasteiger partial charge in [-0.3, -0.25) is 0 Å². The lowest BCUT2D eigenvalue weighted by Crippen LogP contribution is -2.04. The first-order valence-electron chi connectivity index (χ1n) is 11.9. The number of imidazole rings is 1. The molecule has 0 fully saturated rings. The van der Waals surface area contributed by atoms with Crippen molar-refractivity contribution in [1.82, 2.24) is 19.5 Å². The van der Waals surface area contributed by atoms with Gasteiger partial charge in [0.25, 0.3) is 0 Å². The zero-order valence-electron chi connectivity index (χ0n) is 22.2. The molecular weight excluding hydrogens is 500 g/mol. The lowest BCUT2D eigenvalue weighted by Gasteiger charge is -2.17. The van der Waals surface area contributed by atoms with Gasteiger partial charge in [-0.25, -0.2) is 9.97 Å². The Morgan fingerprint density at radius 2 is 1.33 bits per heavy atom. The maximum absolute atomic E-state index is 5.53. The predicted molar refractivity (Wildman–Crippen MR) is 149 cm³/mol. The number of aromatic nitrogens is 4. The van der Waals surface area contributed by atoms with Crippen molar-refractivity contribution < 1.29 is 23.7 Å². The molecule has 0 bridgehead atoms. The first kappa shape index (κ1) is 25.5. The molecule has 0 unspecified atom stereocenters. The average Bonchev–Trinajstić information content (AvgIpc) is 3.51. The number of fused-ring (bicyclic) bond motifs is 1. The van der Waals surface area contributed by atoms with Gasteiger partial charge in [-0.05, 0) is 30.3 Å². The normalized spacial score (nSPS) is 10.7. The van der Waals surface area contributed by atoms with E-state index in [0.717, 1.165) is 16.8 Å². The summed E-state index contributed by atoms with van der Waals surface area (Å²) < 4.78 is 29.5. The van der Waals surface area contributed by atoms with Crippen LogP contribution in [0, 0.1) is 0 Å². The number of methoxy groups -OCH3 is 5. The number of hydrogen-bond acceptors (Lipinski definition) is 10. The molecule has 0 spiro atoms. The van der Waals surface area contributed by atoms with Crippen LogP contribution in [0.15, 0.2) is 67.3 Å². The minimum atomic E-state index is 0.389. The molecule has 0 aliphatic carbocycles. The van der Waals surface area contributed by atoms with Crippen molar-refractivity contribution in [2.45, 2.75) is 0 Å². The molecule has 2 N–H and O–H groups in total. The second-order valence-corrected chi connectivity index (χ2v) is 8.30. The lowest BCUT2D eigenvalue weighted by atomic mass is 10.2. The van der Waals surface area contributed by atoms with Crippen LogP contribution in [0.25, 0.3) is 16.6 Å². The lowest BCUT2D eigenvalue weighted by molar-refractivity contribution is 0.324. The summed E-state index contributed by atoms with van der Waals surface area (Å²) in [5, 5.41) is 7.40. The molecule has 39 heavy (non-hydrogen) atoms. The first-order chi connectivity index (χ1) is 19.1. The zero-order chi connectivity index (χ0) is 27.4. The van der Waals surface area contributed by atoms with E-state index < -0.39 is 0 Å². The standard InChI is InChI=1S/C28H28N6O5/c1-35-22-14-20-21(15-23(22)36-2)32-28(31-17-6-8-19(9-7-17)34-11-10-29-16-34)33-27(20)30-18-12-24(37-3)26(39-5)25(13-18)38-4/h6-16H,1-5H3,(H2,30,31,32,33). The molecule has 200 valence electrons. The number of hydrogen-bond donors (Lipinski definition) is 2. The van der Waals surface area contributed by atoms with Crippen molar-refractivity contribution >= 4 is 34.0 Å². The van der Waals surface area contributed by atoms with Gasteiger partial charge in [0, 0.05) is 53.0 Å². The maximum Gasteiger partial charge on any atom is 0.229 e. The number of nitrogens with one attached hydrogen (secondary N) is 2. The summed E-state index contributed by atoms with van der Waals surface area (Å²) in [5.41, 5.74) is 3.13. The summed E-state index contributed by atoms with van der Waals surface area (Å²) in [5.74, 6) is 3.54. The van der Waals surface area contributed by atoms with Crippen molar-refractivity contribution in [2.75, 3.05) is 46.2 Å². The summed E-state index contributed by atoms with van der Waals surface area (Å²) in [7, 11) is 7.86. The van der Waals surface area contributed by atoms with Crippen LogP contribution in [0.4, 0.5) is 23.1 Å². The van der Waals surface area contributed by atoms with Crippen molar-refractivity contribution in [2.24, 2.45) is 0 Å². The van der Waals surface area contributed by atoms with Crippen LogP contribution in [0.3, 0.4) is 0 Å². The molecule has 3 aromatic carbocycles. The van der Waals surface area contributed by atoms with Gasteiger partial charge in [-0.1, -0.05) is 0 Å². The van der Waals surface area contributed by atoms with E-state index in [-0.39, 0.29) is 0 Å². The molecule has 2 aromatic heterocycles. The van der Waals surface area contributed by atoms with E-state index in [4.69, 9.17) is 33.7 Å². The van der Waals surface area contributed by atoms with E-state index in [1.54, 1.807) is 60.2 Å². The molecule has 0 saturated heterocycles. The Bertz CT molecular complexity index is 1560. The minimum absolute atomic E-state index is 0.389. The Labute approximate surface area is 225 Å². The third kappa shape index (κ3) is 5.14. The molecule has 5 rings (SSSR count). The third-order valence-electron chi connectivity index (χ3n) is 6.05. The van der Waals surface area contributed by atoms with Crippen molar-refractivity contribution in [3.05, 3.63) is 67.3 Å². The molecule has 11 nitrogen and oxygen atoms in total. The van der Waals surface area contributed by atoms with Crippen LogP contribution in [-0.2, 0) is 0 Å². The van der Waals surface area contributed by atoms with Gasteiger partial charge in [0.1, 0.15) is 5.82 Å². The largest absolute Gasteiger partial charge is 0.493 e. The molecule has 11 heteroatoms. The van der Waals surface area contributed by atoms with Crippen LogP contribution in [0.1, 0.15) is 0 Å². The van der Waals surface area contributed by atoms with E-state index in [2.05, 4.69) is 15.6 Å². The van der Waals surface area contributed by atoms with E-state index in [0.29, 0.717) is 51.7 Å².